The number of methoxy groups -OCH3 is 2. The summed E-state index contributed by atoms with van der Waals surface area (Å²) in [5.74, 6) is 1.15. The minimum Gasteiger partial charge on any atom is -0.493 e. The predicted molar refractivity (Wildman–Crippen MR) is 110 cm³/mol. The lowest BCUT2D eigenvalue weighted by Crippen LogP contribution is -2.35. The molecule has 0 spiro atoms. The summed E-state index contributed by atoms with van der Waals surface area (Å²) in [6.45, 7) is 2.75. The topological polar surface area (TPSA) is 79.9 Å². The maximum Gasteiger partial charge on any atom is 0.323 e. The van der Waals surface area contributed by atoms with Crippen molar-refractivity contribution in [3.05, 3.63) is 42.0 Å². The lowest BCUT2D eigenvalue weighted by molar-refractivity contribution is -0.118. The predicted octanol–water partition coefficient (Wildman–Crippen LogP) is 4.04. The molecule has 2 aromatic carbocycles. The number of benzene rings is 2. The number of ether oxygens (including phenoxy) is 2. The van der Waals surface area contributed by atoms with Gasteiger partial charge in [-0.1, -0.05) is 13.0 Å². The summed E-state index contributed by atoms with van der Waals surface area (Å²) in [4.78, 5) is 26.4. The number of nitrogens with zero attached hydrogens (tertiary/aromatic N) is 1. The van der Waals surface area contributed by atoms with Crippen molar-refractivity contribution in [2.75, 3.05) is 36.3 Å². The molecule has 0 aliphatic carbocycles. The first-order valence-corrected chi connectivity index (χ1v) is 9.29. The van der Waals surface area contributed by atoms with Gasteiger partial charge < -0.3 is 25.0 Å². The summed E-state index contributed by atoms with van der Waals surface area (Å²) in [5, 5.41) is 5.62. The molecule has 0 bridgehead atoms. The smallest absolute Gasteiger partial charge is 0.323 e. The van der Waals surface area contributed by atoms with E-state index in [0.717, 1.165) is 17.7 Å². The van der Waals surface area contributed by atoms with Crippen LogP contribution in [0.5, 0.6) is 11.5 Å². The van der Waals surface area contributed by atoms with Crippen LogP contribution >= 0.6 is 0 Å². The number of carbonyl (C=O) groups is 2. The van der Waals surface area contributed by atoms with Gasteiger partial charge in [-0.3, -0.25) is 4.79 Å². The molecule has 3 amide bonds. The molecule has 0 unspecified atom stereocenters. The number of rotatable bonds is 6. The second-order valence-electron chi connectivity index (χ2n) is 6.51. The van der Waals surface area contributed by atoms with Crippen LogP contribution in [-0.4, -0.2) is 32.7 Å². The normalized spacial score (nSPS) is 13.0. The monoisotopic (exact) mass is 383 g/mol. The van der Waals surface area contributed by atoms with Crippen LogP contribution in [0.3, 0.4) is 0 Å². The van der Waals surface area contributed by atoms with Crippen molar-refractivity contribution in [2.24, 2.45) is 0 Å². The molecule has 0 atom stereocenters. The first-order valence-electron chi connectivity index (χ1n) is 9.29. The molecule has 0 saturated heterocycles. The lowest BCUT2D eigenvalue weighted by atomic mass is 10.00. The zero-order valence-corrected chi connectivity index (χ0v) is 16.4. The molecule has 148 valence electrons. The van der Waals surface area contributed by atoms with Gasteiger partial charge in [0.1, 0.15) is 0 Å². The summed E-state index contributed by atoms with van der Waals surface area (Å²) < 4.78 is 10.6. The quantitative estimate of drug-likeness (QED) is 0.789. The van der Waals surface area contributed by atoms with Gasteiger partial charge in [-0.15, -0.1) is 0 Å². The van der Waals surface area contributed by atoms with E-state index in [0.29, 0.717) is 42.3 Å². The van der Waals surface area contributed by atoms with Gasteiger partial charge >= 0.3 is 6.03 Å². The Morgan fingerprint density at radius 3 is 2.64 bits per heavy atom. The Morgan fingerprint density at radius 2 is 1.93 bits per heavy atom. The molecule has 2 N–H and O–H groups in total. The van der Waals surface area contributed by atoms with Crippen molar-refractivity contribution in [1.82, 2.24) is 0 Å². The zero-order chi connectivity index (χ0) is 20.1. The van der Waals surface area contributed by atoms with Crippen LogP contribution in [0.2, 0.25) is 0 Å². The molecule has 1 heterocycles. The number of nitrogens with one attached hydrogen (secondary N) is 2. The number of hydrogen-bond donors (Lipinski definition) is 2. The van der Waals surface area contributed by atoms with E-state index < -0.39 is 0 Å². The SMILES string of the molecule is CCCN1C(=O)CCc2cc(NC(=O)Nc3cccc(OC)c3OC)ccc21. The number of anilines is 3. The first kappa shape index (κ1) is 19.5. The van der Waals surface area contributed by atoms with Gasteiger partial charge in [0, 0.05) is 24.3 Å². The highest BCUT2D eigenvalue weighted by Crippen LogP contribution is 2.35. The number of urea groups is 1. The minimum absolute atomic E-state index is 0.151. The number of hydrogen-bond acceptors (Lipinski definition) is 4. The highest BCUT2D eigenvalue weighted by molar-refractivity contribution is 6.02. The van der Waals surface area contributed by atoms with E-state index >= 15 is 0 Å². The van der Waals surface area contributed by atoms with Gasteiger partial charge in [0.05, 0.1) is 19.9 Å². The van der Waals surface area contributed by atoms with Crippen LogP contribution in [0.15, 0.2) is 36.4 Å². The molecule has 1 aliphatic rings. The fourth-order valence-electron chi connectivity index (χ4n) is 3.38. The van der Waals surface area contributed by atoms with Crippen LogP contribution in [-0.2, 0) is 11.2 Å². The summed E-state index contributed by atoms with van der Waals surface area (Å²) >= 11 is 0. The van der Waals surface area contributed by atoms with E-state index in [-0.39, 0.29) is 11.9 Å². The second-order valence-corrected chi connectivity index (χ2v) is 6.51. The van der Waals surface area contributed by atoms with Gasteiger partial charge in [0.15, 0.2) is 11.5 Å². The number of fused-ring (bicyclic) bond motifs is 1. The third-order valence-corrected chi connectivity index (χ3v) is 4.64. The van der Waals surface area contributed by atoms with E-state index in [1.165, 1.54) is 7.11 Å². The Balaban J connectivity index is 1.75. The molecule has 1 aliphatic heterocycles. The van der Waals surface area contributed by atoms with Crippen molar-refractivity contribution < 1.29 is 19.1 Å². The van der Waals surface area contributed by atoms with Crippen molar-refractivity contribution >= 4 is 29.0 Å². The maximum absolute atomic E-state index is 12.5. The third-order valence-electron chi connectivity index (χ3n) is 4.64. The van der Waals surface area contributed by atoms with E-state index in [1.54, 1.807) is 25.3 Å². The first-order chi connectivity index (χ1) is 13.6. The van der Waals surface area contributed by atoms with Gasteiger partial charge in [-0.05, 0) is 48.7 Å². The maximum atomic E-state index is 12.5. The molecular weight excluding hydrogens is 358 g/mol. The molecule has 7 heteroatoms. The van der Waals surface area contributed by atoms with E-state index in [2.05, 4.69) is 17.6 Å². The molecule has 0 aromatic heterocycles. The van der Waals surface area contributed by atoms with Crippen LogP contribution < -0.4 is 25.0 Å². The highest BCUT2D eigenvalue weighted by atomic mass is 16.5. The average Bonchev–Trinajstić information content (AvgIpc) is 2.70. The minimum atomic E-state index is -0.385. The Morgan fingerprint density at radius 1 is 1.11 bits per heavy atom. The summed E-state index contributed by atoms with van der Waals surface area (Å²) in [7, 11) is 3.06. The van der Waals surface area contributed by atoms with Crippen molar-refractivity contribution in [1.29, 1.82) is 0 Å². The lowest BCUT2D eigenvalue weighted by Gasteiger charge is -2.29. The van der Waals surface area contributed by atoms with Crippen molar-refractivity contribution in [3.8, 4) is 11.5 Å². The molecule has 0 radical (unpaired) electrons. The van der Waals surface area contributed by atoms with Crippen LogP contribution in [0, 0.1) is 0 Å². The second kappa shape index (κ2) is 8.65. The van der Waals surface area contributed by atoms with Gasteiger partial charge in [-0.25, -0.2) is 4.79 Å². The zero-order valence-electron chi connectivity index (χ0n) is 16.4. The number of para-hydroxylation sites is 1. The molecule has 7 nitrogen and oxygen atoms in total. The largest absolute Gasteiger partial charge is 0.493 e. The number of carbonyl (C=O) groups excluding carboxylic acids is 2. The van der Waals surface area contributed by atoms with Gasteiger partial charge in [-0.2, -0.15) is 0 Å². The fraction of sp³-hybridized carbons (Fsp3) is 0.333. The fourth-order valence-corrected chi connectivity index (χ4v) is 3.38. The molecular formula is C21H25N3O4. The van der Waals surface area contributed by atoms with Crippen LogP contribution in [0.1, 0.15) is 25.3 Å². The molecule has 3 rings (SSSR count). The Kier molecular flexibility index (Phi) is 6.03. The van der Waals surface area contributed by atoms with Crippen molar-refractivity contribution in [3.63, 3.8) is 0 Å². The number of amides is 3. The van der Waals surface area contributed by atoms with Crippen LogP contribution in [0.4, 0.5) is 21.9 Å². The van der Waals surface area contributed by atoms with E-state index in [9.17, 15) is 9.59 Å². The Hall–Kier alpha value is -3.22. The molecule has 0 saturated carbocycles. The molecule has 0 fully saturated rings. The third kappa shape index (κ3) is 4.03. The molecule has 2 aromatic rings. The Labute approximate surface area is 164 Å². The van der Waals surface area contributed by atoms with Crippen LogP contribution in [0.25, 0.3) is 0 Å². The molecule has 28 heavy (non-hydrogen) atoms. The van der Waals surface area contributed by atoms with E-state index in [1.807, 2.05) is 23.1 Å². The van der Waals surface area contributed by atoms with Gasteiger partial charge in [0.2, 0.25) is 5.91 Å². The average molecular weight is 383 g/mol. The highest BCUT2D eigenvalue weighted by Gasteiger charge is 2.23. The number of aryl methyl sites for hydroxylation is 1. The summed E-state index contributed by atoms with van der Waals surface area (Å²) in [5.41, 5.74) is 3.17. The van der Waals surface area contributed by atoms with Crippen molar-refractivity contribution in [2.45, 2.75) is 26.2 Å². The Bertz CT molecular complexity index is 882. The summed E-state index contributed by atoms with van der Waals surface area (Å²) in [6.07, 6.45) is 2.06. The standard InChI is InChI=1S/C21H25N3O4/c1-4-12-24-17-10-9-15(13-14(17)8-11-19(24)25)22-21(26)23-16-6-5-7-18(27-2)20(16)28-3/h5-7,9-10,13H,4,8,11-12H2,1-3H3,(H2,22,23,26). The summed E-state index contributed by atoms with van der Waals surface area (Å²) in [6, 6.07) is 10.5. The van der Waals surface area contributed by atoms with Gasteiger partial charge in [0.25, 0.3) is 0 Å². The van der Waals surface area contributed by atoms with E-state index in [4.69, 9.17) is 9.47 Å².